The van der Waals surface area contributed by atoms with E-state index in [1.165, 1.54) is 18.3 Å². The van der Waals surface area contributed by atoms with E-state index in [0.29, 0.717) is 0 Å². The van der Waals surface area contributed by atoms with Crippen molar-refractivity contribution in [2.45, 2.75) is 13.3 Å². The monoisotopic (exact) mass is 239 g/mol. The summed E-state index contributed by atoms with van der Waals surface area (Å²) < 4.78 is 26.7. The van der Waals surface area contributed by atoms with Crippen LogP contribution >= 0.6 is 0 Å². The normalized spacial score (nSPS) is 11.5. The number of hydrogen-bond acceptors (Lipinski definition) is 2. The van der Waals surface area contributed by atoms with E-state index >= 15 is 0 Å². The second-order valence-electron chi connectivity index (χ2n) is 3.88. The minimum atomic E-state index is -0.984. The van der Waals surface area contributed by atoms with Gasteiger partial charge in [0.05, 0.1) is 0 Å². The Labute approximate surface area is 99.5 Å². The summed E-state index contributed by atoms with van der Waals surface area (Å²) in [4.78, 5) is 13.4. The Kier molecular flexibility index (Phi) is 4.37. The number of rotatable bonds is 4. The first kappa shape index (κ1) is 13.4. The molecule has 0 radical (unpaired) electrons. The molecule has 0 amide bonds. The van der Waals surface area contributed by atoms with Crippen LogP contribution < -0.4 is 0 Å². The molecular weight excluding hydrogens is 224 g/mol. The van der Waals surface area contributed by atoms with Crippen molar-refractivity contribution in [2.75, 3.05) is 14.1 Å². The maximum absolute atomic E-state index is 13.6. The van der Waals surface area contributed by atoms with Gasteiger partial charge in [0, 0.05) is 37.9 Å². The van der Waals surface area contributed by atoms with E-state index in [-0.39, 0.29) is 23.3 Å². The van der Waals surface area contributed by atoms with E-state index in [9.17, 15) is 13.6 Å². The molecule has 0 aliphatic carbocycles. The molecule has 0 saturated heterocycles. The zero-order valence-corrected chi connectivity index (χ0v) is 10.1. The van der Waals surface area contributed by atoms with E-state index in [4.69, 9.17) is 0 Å². The summed E-state index contributed by atoms with van der Waals surface area (Å²) in [7, 11) is 3.44. The van der Waals surface area contributed by atoms with Crippen LogP contribution in [-0.4, -0.2) is 24.8 Å². The molecule has 0 aliphatic rings. The van der Waals surface area contributed by atoms with Gasteiger partial charge in [-0.3, -0.25) is 4.79 Å². The van der Waals surface area contributed by atoms with Gasteiger partial charge in [-0.2, -0.15) is 0 Å². The number of carbonyl (C=O) groups excluding carboxylic acids is 1. The van der Waals surface area contributed by atoms with Crippen molar-refractivity contribution in [1.29, 1.82) is 0 Å². The summed E-state index contributed by atoms with van der Waals surface area (Å²) in [6.45, 7) is 1.68. The lowest BCUT2D eigenvalue weighted by molar-refractivity contribution is -0.113. The van der Waals surface area contributed by atoms with Crippen molar-refractivity contribution in [3.63, 3.8) is 0 Å². The molecule has 0 N–H and O–H groups in total. The number of ketones is 1. The quantitative estimate of drug-likeness (QED) is 0.753. The van der Waals surface area contributed by atoms with Crippen molar-refractivity contribution >= 4 is 11.4 Å². The number of halogens is 2. The van der Waals surface area contributed by atoms with Gasteiger partial charge in [-0.05, 0) is 6.07 Å². The summed E-state index contributed by atoms with van der Waals surface area (Å²) in [5, 5.41) is 0. The van der Waals surface area contributed by atoms with Crippen LogP contribution in [-0.2, 0) is 4.79 Å². The van der Waals surface area contributed by atoms with E-state index in [0.717, 1.165) is 6.07 Å². The van der Waals surface area contributed by atoms with E-state index in [1.807, 2.05) is 0 Å². The molecule has 4 heteroatoms. The van der Waals surface area contributed by atoms with Crippen molar-refractivity contribution in [2.24, 2.45) is 0 Å². The van der Waals surface area contributed by atoms with Crippen molar-refractivity contribution < 1.29 is 13.6 Å². The molecular formula is C13H15F2NO. The van der Waals surface area contributed by atoms with Gasteiger partial charge in [0.2, 0.25) is 0 Å². The number of carbonyl (C=O) groups is 1. The fourth-order valence-electron chi connectivity index (χ4n) is 1.45. The molecule has 2 nitrogen and oxygen atoms in total. The average molecular weight is 239 g/mol. The molecule has 0 aliphatic heterocycles. The van der Waals surface area contributed by atoms with Gasteiger partial charge in [0.25, 0.3) is 0 Å². The topological polar surface area (TPSA) is 20.3 Å². The van der Waals surface area contributed by atoms with Gasteiger partial charge in [0.1, 0.15) is 0 Å². The fraction of sp³-hybridized carbons (Fsp3) is 0.308. The van der Waals surface area contributed by atoms with Crippen LogP contribution in [0.1, 0.15) is 18.9 Å². The van der Waals surface area contributed by atoms with Gasteiger partial charge >= 0.3 is 0 Å². The molecule has 0 fully saturated rings. The van der Waals surface area contributed by atoms with Crippen molar-refractivity contribution in [3.05, 3.63) is 41.6 Å². The Bertz CT molecular complexity index is 453. The SMILES string of the molecule is CCC(=O)/C(=C/N(C)C)c1cccc(F)c1F. The third-order valence-corrected chi connectivity index (χ3v) is 2.25. The minimum absolute atomic E-state index is 0.00514. The van der Waals surface area contributed by atoms with Crippen molar-refractivity contribution in [1.82, 2.24) is 4.90 Å². The molecule has 1 aromatic carbocycles. The zero-order chi connectivity index (χ0) is 13.0. The molecule has 0 saturated carbocycles. The number of Topliss-reactive ketones (excluding diaryl/α,β-unsaturated/α-hetero) is 1. The summed E-state index contributed by atoms with van der Waals surface area (Å²) in [6.07, 6.45) is 1.75. The zero-order valence-electron chi connectivity index (χ0n) is 10.1. The number of benzene rings is 1. The van der Waals surface area contributed by atoms with E-state index in [1.54, 1.807) is 25.9 Å². The summed E-state index contributed by atoms with van der Waals surface area (Å²) in [6, 6.07) is 3.82. The predicted molar refractivity (Wildman–Crippen MR) is 63.3 cm³/mol. The predicted octanol–water partition coefficient (Wildman–Crippen LogP) is 2.85. The van der Waals surface area contributed by atoms with Crippen LogP contribution in [0.5, 0.6) is 0 Å². The molecule has 0 bridgehead atoms. The lowest BCUT2D eigenvalue weighted by Crippen LogP contribution is -2.09. The van der Waals surface area contributed by atoms with Gasteiger partial charge in [-0.25, -0.2) is 8.78 Å². The highest BCUT2D eigenvalue weighted by atomic mass is 19.2. The molecule has 0 atom stereocenters. The molecule has 92 valence electrons. The highest BCUT2D eigenvalue weighted by Crippen LogP contribution is 2.22. The number of allylic oxidation sites excluding steroid dienone is 1. The Hall–Kier alpha value is -1.71. The molecule has 0 spiro atoms. The molecule has 0 unspecified atom stereocenters. The number of nitrogens with zero attached hydrogens (tertiary/aromatic N) is 1. The van der Waals surface area contributed by atoms with Crippen LogP contribution in [0.15, 0.2) is 24.4 Å². The minimum Gasteiger partial charge on any atom is -0.383 e. The van der Waals surface area contributed by atoms with Gasteiger partial charge in [0.15, 0.2) is 17.4 Å². The fourth-order valence-corrected chi connectivity index (χ4v) is 1.45. The molecule has 1 rings (SSSR count). The van der Waals surface area contributed by atoms with E-state index < -0.39 is 11.6 Å². The molecule has 0 aromatic heterocycles. The van der Waals surface area contributed by atoms with Crippen LogP contribution in [0.25, 0.3) is 5.57 Å². The van der Waals surface area contributed by atoms with Crippen LogP contribution in [0.4, 0.5) is 8.78 Å². The standard InChI is InChI=1S/C13H15F2NO/c1-4-12(17)10(8-16(2)3)9-6-5-7-11(14)13(9)15/h5-8H,4H2,1-3H3/b10-8+. The first-order valence-electron chi connectivity index (χ1n) is 5.33. The summed E-state index contributed by atoms with van der Waals surface area (Å²) >= 11 is 0. The molecule has 1 aromatic rings. The summed E-state index contributed by atoms with van der Waals surface area (Å²) in [5.41, 5.74) is 0.194. The van der Waals surface area contributed by atoms with Gasteiger partial charge in [-0.15, -0.1) is 0 Å². The lowest BCUT2D eigenvalue weighted by Gasteiger charge is -2.11. The van der Waals surface area contributed by atoms with Crippen molar-refractivity contribution in [3.8, 4) is 0 Å². The second kappa shape index (κ2) is 5.57. The molecule has 0 heterocycles. The van der Waals surface area contributed by atoms with Gasteiger partial charge < -0.3 is 4.90 Å². The Morgan fingerprint density at radius 3 is 2.53 bits per heavy atom. The van der Waals surface area contributed by atoms with Crippen LogP contribution in [0.2, 0.25) is 0 Å². The Morgan fingerprint density at radius 1 is 1.35 bits per heavy atom. The Morgan fingerprint density at radius 2 is 2.00 bits per heavy atom. The lowest BCUT2D eigenvalue weighted by atomic mass is 10.0. The average Bonchev–Trinajstić information content (AvgIpc) is 2.29. The van der Waals surface area contributed by atoms with Crippen LogP contribution in [0.3, 0.4) is 0 Å². The maximum Gasteiger partial charge on any atom is 0.166 e. The highest BCUT2D eigenvalue weighted by molar-refractivity contribution is 6.20. The third-order valence-electron chi connectivity index (χ3n) is 2.25. The number of hydrogen-bond donors (Lipinski definition) is 0. The summed E-state index contributed by atoms with van der Waals surface area (Å²) in [5.74, 6) is -2.15. The van der Waals surface area contributed by atoms with Gasteiger partial charge in [-0.1, -0.05) is 19.1 Å². The first-order chi connectivity index (χ1) is 7.97. The first-order valence-corrected chi connectivity index (χ1v) is 5.33. The second-order valence-corrected chi connectivity index (χ2v) is 3.88. The smallest absolute Gasteiger partial charge is 0.166 e. The molecule has 17 heavy (non-hydrogen) atoms. The van der Waals surface area contributed by atoms with Crippen LogP contribution in [0, 0.1) is 11.6 Å². The highest BCUT2D eigenvalue weighted by Gasteiger charge is 2.17. The largest absolute Gasteiger partial charge is 0.383 e. The third kappa shape index (κ3) is 3.12. The maximum atomic E-state index is 13.6. The van der Waals surface area contributed by atoms with E-state index in [2.05, 4.69) is 0 Å². The Balaban J connectivity index is 3.33.